The van der Waals surface area contributed by atoms with Crippen LogP contribution in [0.5, 0.6) is 0 Å². The fourth-order valence-electron chi connectivity index (χ4n) is 1.48. The molecule has 0 saturated carbocycles. The van der Waals surface area contributed by atoms with Crippen LogP contribution in [0.25, 0.3) is 0 Å². The van der Waals surface area contributed by atoms with Crippen LogP contribution in [0.3, 0.4) is 0 Å². The lowest BCUT2D eigenvalue weighted by Gasteiger charge is -2.27. The van der Waals surface area contributed by atoms with Crippen LogP contribution in [0.15, 0.2) is 45.9 Å². The second kappa shape index (κ2) is 3.19. The molecule has 1 atom stereocenters. The minimum Gasteiger partial charge on any atom is -0.472 e. The second-order valence-corrected chi connectivity index (χ2v) is 3.82. The molecule has 0 radical (unpaired) electrons. The van der Waals surface area contributed by atoms with Gasteiger partial charge in [0.05, 0.1) is 23.1 Å². The highest BCUT2D eigenvalue weighted by atomic mass is 35.5. The van der Waals surface area contributed by atoms with Crippen molar-refractivity contribution in [2.24, 2.45) is 11.5 Å². The number of hydrogen-bond acceptors (Lipinski definition) is 3. The van der Waals surface area contributed by atoms with E-state index < -0.39 is 5.54 Å². The molecule has 0 amide bonds. The van der Waals surface area contributed by atoms with Crippen LogP contribution in [-0.2, 0) is 5.54 Å². The molecule has 14 heavy (non-hydrogen) atoms. The van der Waals surface area contributed by atoms with E-state index in [0.29, 0.717) is 17.2 Å². The number of hydrogen-bond donors (Lipinski definition) is 2. The first-order chi connectivity index (χ1) is 6.62. The average molecular weight is 211 g/mol. The van der Waals surface area contributed by atoms with Gasteiger partial charge in [-0.25, -0.2) is 0 Å². The Morgan fingerprint density at radius 2 is 2.29 bits per heavy atom. The van der Waals surface area contributed by atoms with E-state index >= 15 is 0 Å². The van der Waals surface area contributed by atoms with Gasteiger partial charge in [0.1, 0.15) is 0 Å². The summed E-state index contributed by atoms with van der Waals surface area (Å²) >= 11 is 5.93. The molecule has 4 N–H and O–H groups in total. The number of allylic oxidation sites excluding steroid dienone is 1. The Morgan fingerprint density at radius 1 is 1.50 bits per heavy atom. The lowest BCUT2D eigenvalue weighted by Crippen LogP contribution is -2.35. The van der Waals surface area contributed by atoms with Crippen LogP contribution in [-0.4, -0.2) is 0 Å². The fourth-order valence-corrected chi connectivity index (χ4v) is 1.75. The third kappa shape index (κ3) is 1.45. The third-order valence-corrected chi connectivity index (χ3v) is 2.71. The van der Waals surface area contributed by atoms with Crippen LogP contribution >= 0.6 is 11.6 Å². The predicted octanol–water partition coefficient (Wildman–Crippen LogP) is 1.80. The molecule has 0 fully saturated rings. The lowest BCUT2D eigenvalue weighted by atomic mass is 9.86. The molecule has 1 unspecified atom stereocenters. The van der Waals surface area contributed by atoms with E-state index in [0.717, 1.165) is 5.56 Å². The Balaban J connectivity index is 2.38. The van der Waals surface area contributed by atoms with Crippen molar-refractivity contribution in [2.45, 2.75) is 12.0 Å². The van der Waals surface area contributed by atoms with E-state index in [2.05, 4.69) is 0 Å². The van der Waals surface area contributed by atoms with E-state index in [1.165, 1.54) is 0 Å². The molecule has 2 rings (SSSR count). The highest BCUT2D eigenvalue weighted by Gasteiger charge is 2.28. The zero-order valence-corrected chi connectivity index (χ0v) is 8.29. The van der Waals surface area contributed by atoms with Crippen LogP contribution in [0.4, 0.5) is 0 Å². The smallest absolute Gasteiger partial charge is 0.0956 e. The molecule has 1 aromatic heterocycles. The Labute approximate surface area is 87.0 Å². The average Bonchev–Trinajstić information content (AvgIpc) is 2.65. The van der Waals surface area contributed by atoms with Crippen LogP contribution in [0.2, 0.25) is 0 Å². The standard InChI is InChI=1S/C10H11ClN2O/c11-8-5-10(13,3-1-9(8)12)7-2-4-14-6-7/h1-2,4-6H,3,12-13H2. The summed E-state index contributed by atoms with van der Waals surface area (Å²) in [7, 11) is 0. The molecule has 0 saturated heterocycles. The van der Waals surface area contributed by atoms with Gasteiger partial charge < -0.3 is 15.9 Å². The Morgan fingerprint density at radius 3 is 2.86 bits per heavy atom. The van der Waals surface area contributed by atoms with Gasteiger partial charge in [0.2, 0.25) is 0 Å². The van der Waals surface area contributed by atoms with Crippen molar-refractivity contribution < 1.29 is 4.42 Å². The lowest BCUT2D eigenvalue weighted by molar-refractivity contribution is 0.525. The Kier molecular flexibility index (Phi) is 2.13. The molecule has 3 nitrogen and oxygen atoms in total. The van der Waals surface area contributed by atoms with Crippen molar-refractivity contribution in [3.63, 3.8) is 0 Å². The maximum Gasteiger partial charge on any atom is 0.0956 e. The summed E-state index contributed by atoms with van der Waals surface area (Å²) in [6.07, 6.45) is 7.43. The summed E-state index contributed by atoms with van der Waals surface area (Å²) in [6.45, 7) is 0. The van der Waals surface area contributed by atoms with Crippen molar-refractivity contribution in [3.8, 4) is 0 Å². The fraction of sp³-hybridized carbons (Fsp3) is 0.200. The predicted molar refractivity (Wildman–Crippen MR) is 55.4 cm³/mol. The van der Waals surface area contributed by atoms with Crippen molar-refractivity contribution in [2.75, 3.05) is 0 Å². The molecule has 4 heteroatoms. The minimum atomic E-state index is -0.590. The van der Waals surface area contributed by atoms with Crippen LogP contribution < -0.4 is 11.5 Å². The van der Waals surface area contributed by atoms with Crippen LogP contribution in [0, 0.1) is 0 Å². The van der Waals surface area contributed by atoms with Crippen molar-refractivity contribution in [1.29, 1.82) is 0 Å². The molecule has 0 spiro atoms. The molecule has 1 heterocycles. The van der Waals surface area contributed by atoms with Gasteiger partial charge in [-0.3, -0.25) is 0 Å². The summed E-state index contributed by atoms with van der Waals surface area (Å²) in [4.78, 5) is 0. The highest BCUT2D eigenvalue weighted by Crippen LogP contribution is 2.32. The molecule has 1 aliphatic carbocycles. The van der Waals surface area contributed by atoms with E-state index in [1.807, 2.05) is 12.1 Å². The zero-order valence-electron chi connectivity index (χ0n) is 7.53. The molecular formula is C10H11ClN2O. The number of furan rings is 1. The van der Waals surface area contributed by atoms with Gasteiger partial charge in [0, 0.05) is 11.3 Å². The second-order valence-electron chi connectivity index (χ2n) is 3.41. The molecule has 1 aliphatic rings. The van der Waals surface area contributed by atoms with Gasteiger partial charge in [-0.1, -0.05) is 17.7 Å². The van der Waals surface area contributed by atoms with E-state index in [-0.39, 0.29) is 0 Å². The summed E-state index contributed by atoms with van der Waals surface area (Å²) in [6, 6.07) is 1.83. The molecule has 0 bridgehead atoms. The Hall–Kier alpha value is -1.19. The number of nitrogens with two attached hydrogens (primary N) is 2. The van der Waals surface area contributed by atoms with Crippen molar-refractivity contribution in [1.82, 2.24) is 0 Å². The van der Waals surface area contributed by atoms with E-state index in [1.54, 1.807) is 18.6 Å². The van der Waals surface area contributed by atoms with Crippen molar-refractivity contribution >= 4 is 11.6 Å². The maximum atomic E-state index is 6.16. The van der Waals surface area contributed by atoms with Crippen molar-refractivity contribution in [3.05, 3.63) is 47.0 Å². The third-order valence-electron chi connectivity index (χ3n) is 2.38. The summed E-state index contributed by atoms with van der Waals surface area (Å²) in [5, 5.41) is 0.500. The molecule has 1 aromatic rings. The van der Waals surface area contributed by atoms with E-state index in [4.69, 9.17) is 27.5 Å². The highest BCUT2D eigenvalue weighted by molar-refractivity contribution is 6.32. The van der Waals surface area contributed by atoms with Gasteiger partial charge >= 0.3 is 0 Å². The number of halogens is 1. The van der Waals surface area contributed by atoms with Gasteiger partial charge in [-0.15, -0.1) is 0 Å². The van der Waals surface area contributed by atoms with E-state index in [9.17, 15) is 0 Å². The van der Waals surface area contributed by atoms with Gasteiger partial charge in [0.25, 0.3) is 0 Å². The minimum absolute atomic E-state index is 0.500. The SMILES string of the molecule is NC1=CCC(N)(c2ccoc2)C=C1Cl. The monoisotopic (exact) mass is 210 g/mol. The molecule has 0 aliphatic heterocycles. The van der Waals surface area contributed by atoms with Crippen LogP contribution in [0.1, 0.15) is 12.0 Å². The number of rotatable bonds is 1. The topological polar surface area (TPSA) is 65.2 Å². The normalized spacial score (nSPS) is 27.0. The van der Waals surface area contributed by atoms with Gasteiger partial charge in [-0.05, 0) is 18.6 Å². The zero-order chi connectivity index (χ0) is 10.2. The summed E-state index contributed by atoms with van der Waals surface area (Å²) in [5.74, 6) is 0. The first kappa shape index (κ1) is 9.37. The van der Waals surface area contributed by atoms with Gasteiger partial charge in [0.15, 0.2) is 0 Å². The maximum absolute atomic E-state index is 6.16. The summed E-state index contributed by atoms with van der Waals surface area (Å²) in [5.41, 5.74) is 12.7. The molecule has 0 aromatic carbocycles. The first-order valence-corrected chi connectivity index (χ1v) is 4.65. The molecule has 74 valence electrons. The summed E-state index contributed by atoms with van der Waals surface area (Å²) < 4.78 is 4.99. The largest absolute Gasteiger partial charge is 0.472 e. The Bertz CT molecular complexity index is 394. The van der Waals surface area contributed by atoms with Gasteiger partial charge in [-0.2, -0.15) is 0 Å². The first-order valence-electron chi connectivity index (χ1n) is 4.28. The quantitative estimate of drug-likeness (QED) is 0.743. The molecular weight excluding hydrogens is 200 g/mol.